The van der Waals surface area contributed by atoms with E-state index in [1.807, 2.05) is 25.1 Å². The monoisotopic (exact) mass is 249 g/mol. The molecule has 4 heteroatoms. The lowest BCUT2D eigenvalue weighted by Crippen LogP contribution is -2.42. The molecule has 1 aliphatic rings. The summed E-state index contributed by atoms with van der Waals surface area (Å²) in [5.41, 5.74) is 2.31. The normalized spacial score (nSPS) is 23.7. The van der Waals surface area contributed by atoms with Crippen LogP contribution in [0.1, 0.15) is 36.4 Å². The summed E-state index contributed by atoms with van der Waals surface area (Å²) in [7, 11) is 1.65. The van der Waals surface area contributed by atoms with Crippen LogP contribution >= 0.6 is 0 Å². The van der Waals surface area contributed by atoms with Crippen molar-refractivity contribution in [2.75, 3.05) is 7.11 Å². The highest BCUT2D eigenvalue weighted by Crippen LogP contribution is 2.29. The quantitative estimate of drug-likeness (QED) is 0.862. The van der Waals surface area contributed by atoms with Crippen LogP contribution in [0.4, 0.5) is 0 Å². The van der Waals surface area contributed by atoms with Gasteiger partial charge in [0.1, 0.15) is 11.8 Å². The molecule has 0 aromatic heterocycles. The minimum absolute atomic E-state index is 0.130. The zero-order valence-electron chi connectivity index (χ0n) is 10.8. The third-order valence-corrected chi connectivity index (χ3v) is 3.54. The largest absolute Gasteiger partial charge is 0.497 e. The maximum atomic E-state index is 11.0. The fraction of sp³-hybridized carbons (Fsp3) is 0.500. The molecule has 2 rings (SSSR count). The van der Waals surface area contributed by atoms with Crippen molar-refractivity contribution in [3.05, 3.63) is 29.3 Å². The number of carbonyl (C=O) groups is 1. The summed E-state index contributed by atoms with van der Waals surface area (Å²) in [6.07, 6.45) is 2.64. The molecule has 98 valence electrons. The Kier molecular flexibility index (Phi) is 3.87. The van der Waals surface area contributed by atoms with Gasteiger partial charge in [0.2, 0.25) is 0 Å². The van der Waals surface area contributed by atoms with E-state index in [1.165, 1.54) is 5.56 Å². The van der Waals surface area contributed by atoms with E-state index in [2.05, 4.69) is 5.32 Å². The number of benzene rings is 1. The third-order valence-electron chi connectivity index (χ3n) is 3.54. The van der Waals surface area contributed by atoms with E-state index in [-0.39, 0.29) is 6.04 Å². The van der Waals surface area contributed by atoms with E-state index < -0.39 is 12.0 Å². The fourth-order valence-corrected chi connectivity index (χ4v) is 2.54. The zero-order valence-corrected chi connectivity index (χ0v) is 10.8. The first kappa shape index (κ1) is 12.9. The minimum atomic E-state index is -0.758. The van der Waals surface area contributed by atoms with Crippen molar-refractivity contribution in [2.45, 2.75) is 38.3 Å². The molecule has 1 aliphatic heterocycles. The maximum absolute atomic E-state index is 11.0. The minimum Gasteiger partial charge on any atom is -0.497 e. The van der Waals surface area contributed by atoms with Crippen molar-refractivity contribution in [1.29, 1.82) is 0 Å². The van der Waals surface area contributed by atoms with Gasteiger partial charge in [-0.2, -0.15) is 0 Å². The summed E-state index contributed by atoms with van der Waals surface area (Å²) in [5, 5.41) is 12.3. The van der Waals surface area contributed by atoms with Crippen molar-refractivity contribution < 1.29 is 14.6 Å². The second-order valence-corrected chi connectivity index (χ2v) is 4.76. The van der Waals surface area contributed by atoms with E-state index in [9.17, 15) is 4.79 Å². The maximum Gasteiger partial charge on any atom is 0.320 e. The topological polar surface area (TPSA) is 58.6 Å². The van der Waals surface area contributed by atoms with Crippen molar-refractivity contribution in [3.8, 4) is 5.75 Å². The Morgan fingerprint density at radius 1 is 1.44 bits per heavy atom. The Morgan fingerprint density at radius 3 is 2.83 bits per heavy atom. The van der Waals surface area contributed by atoms with E-state index in [4.69, 9.17) is 9.84 Å². The van der Waals surface area contributed by atoms with Gasteiger partial charge in [-0.3, -0.25) is 10.1 Å². The number of aliphatic carboxylic acids is 1. The van der Waals surface area contributed by atoms with Gasteiger partial charge in [-0.15, -0.1) is 0 Å². The predicted molar refractivity (Wildman–Crippen MR) is 68.9 cm³/mol. The van der Waals surface area contributed by atoms with E-state index in [0.29, 0.717) is 6.42 Å². The third kappa shape index (κ3) is 2.64. The summed E-state index contributed by atoms with van der Waals surface area (Å²) in [6.45, 7) is 2.03. The van der Waals surface area contributed by atoms with Gasteiger partial charge in [0, 0.05) is 6.04 Å². The number of piperidine rings is 1. The van der Waals surface area contributed by atoms with Crippen molar-refractivity contribution >= 4 is 5.97 Å². The highest BCUT2D eigenvalue weighted by molar-refractivity contribution is 5.73. The smallest absolute Gasteiger partial charge is 0.320 e. The molecule has 0 aliphatic carbocycles. The molecule has 1 saturated heterocycles. The highest BCUT2D eigenvalue weighted by atomic mass is 16.5. The summed E-state index contributed by atoms with van der Waals surface area (Å²) in [5.74, 6) is 0.0766. The number of ether oxygens (including phenoxy) is 1. The average Bonchev–Trinajstić information content (AvgIpc) is 2.38. The number of carboxylic acid groups (broad SMARTS) is 1. The Morgan fingerprint density at radius 2 is 2.22 bits per heavy atom. The summed E-state index contributed by atoms with van der Waals surface area (Å²) < 4.78 is 5.18. The number of hydrogen-bond donors (Lipinski definition) is 2. The lowest BCUT2D eigenvalue weighted by molar-refractivity contribution is -0.140. The fourth-order valence-electron chi connectivity index (χ4n) is 2.54. The first-order valence-electron chi connectivity index (χ1n) is 6.25. The molecule has 1 aromatic rings. The number of nitrogens with one attached hydrogen (secondary N) is 1. The molecule has 2 unspecified atom stereocenters. The van der Waals surface area contributed by atoms with Crippen LogP contribution in [-0.2, 0) is 4.79 Å². The molecule has 0 spiro atoms. The first-order valence-corrected chi connectivity index (χ1v) is 6.25. The molecule has 18 heavy (non-hydrogen) atoms. The zero-order chi connectivity index (χ0) is 13.1. The van der Waals surface area contributed by atoms with E-state index in [0.717, 1.165) is 24.2 Å². The summed E-state index contributed by atoms with van der Waals surface area (Å²) in [6, 6.07) is 5.64. The molecule has 1 aromatic carbocycles. The number of carboxylic acids is 1. The number of rotatable bonds is 3. The molecule has 0 amide bonds. The molecule has 2 atom stereocenters. The van der Waals surface area contributed by atoms with Crippen LogP contribution in [0.25, 0.3) is 0 Å². The van der Waals surface area contributed by atoms with Gasteiger partial charge in [-0.25, -0.2) is 0 Å². The van der Waals surface area contributed by atoms with Crippen LogP contribution in [0.15, 0.2) is 18.2 Å². The van der Waals surface area contributed by atoms with Crippen LogP contribution in [-0.4, -0.2) is 24.2 Å². The van der Waals surface area contributed by atoms with Gasteiger partial charge in [0.15, 0.2) is 0 Å². The Hall–Kier alpha value is -1.55. The summed E-state index contributed by atoms with van der Waals surface area (Å²) >= 11 is 0. The van der Waals surface area contributed by atoms with Crippen LogP contribution < -0.4 is 10.1 Å². The number of aryl methyl sites for hydroxylation is 1. The molecule has 2 N–H and O–H groups in total. The molecule has 0 saturated carbocycles. The van der Waals surface area contributed by atoms with E-state index >= 15 is 0 Å². The first-order chi connectivity index (χ1) is 8.61. The van der Waals surface area contributed by atoms with Gasteiger partial charge < -0.3 is 9.84 Å². The van der Waals surface area contributed by atoms with Gasteiger partial charge in [-0.1, -0.05) is 6.07 Å². The van der Waals surface area contributed by atoms with Crippen LogP contribution in [0.3, 0.4) is 0 Å². The molecule has 1 heterocycles. The van der Waals surface area contributed by atoms with Crippen molar-refractivity contribution in [1.82, 2.24) is 5.32 Å². The van der Waals surface area contributed by atoms with Crippen molar-refractivity contribution in [3.63, 3.8) is 0 Å². The lowest BCUT2D eigenvalue weighted by atomic mass is 9.91. The molecular formula is C14H19NO3. The second-order valence-electron chi connectivity index (χ2n) is 4.76. The Bertz CT molecular complexity index is 445. The van der Waals surface area contributed by atoms with Gasteiger partial charge in [-0.05, 0) is 49.4 Å². The van der Waals surface area contributed by atoms with Crippen molar-refractivity contribution in [2.24, 2.45) is 0 Å². The van der Waals surface area contributed by atoms with Crippen LogP contribution in [0, 0.1) is 6.92 Å². The van der Waals surface area contributed by atoms with Gasteiger partial charge >= 0.3 is 5.97 Å². The number of hydrogen-bond acceptors (Lipinski definition) is 3. The average molecular weight is 249 g/mol. The van der Waals surface area contributed by atoms with Crippen LogP contribution in [0.2, 0.25) is 0 Å². The molecule has 0 radical (unpaired) electrons. The van der Waals surface area contributed by atoms with Crippen LogP contribution in [0.5, 0.6) is 5.75 Å². The predicted octanol–water partition coefficient (Wildman–Crippen LogP) is 2.27. The Labute approximate surface area is 107 Å². The van der Waals surface area contributed by atoms with Gasteiger partial charge in [0.05, 0.1) is 7.11 Å². The van der Waals surface area contributed by atoms with Gasteiger partial charge in [0.25, 0.3) is 0 Å². The Balaban J connectivity index is 2.18. The SMILES string of the molecule is COc1ccc(C2CCCC(C(=O)O)N2)c(C)c1. The molecule has 1 fully saturated rings. The number of methoxy groups -OCH3 is 1. The second kappa shape index (κ2) is 5.40. The standard InChI is InChI=1S/C14H19NO3/c1-9-8-10(18-2)6-7-11(9)12-4-3-5-13(15-12)14(16)17/h6-8,12-13,15H,3-5H2,1-2H3,(H,16,17). The highest BCUT2D eigenvalue weighted by Gasteiger charge is 2.27. The molecule has 4 nitrogen and oxygen atoms in total. The molecular weight excluding hydrogens is 230 g/mol. The molecule has 0 bridgehead atoms. The lowest BCUT2D eigenvalue weighted by Gasteiger charge is -2.30. The van der Waals surface area contributed by atoms with E-state index in [1.54, 1.807) is 7.11 Å². The summed E-state index contributed by atoms with van der Waals surface area (Å²) in [4.78, 5) is 11.0.